The summed E-state index contributed by atoms with van der Waals surface area (Å²) in [4.78, 5) is 10.6. The van der Waals surface area contributed by atoms with Gasteiger partial charge in [-0.1, -0.05) is 32.0 Å². The lowest BCUT2D eigenvalue weighted by Crippen LogP contribution is -2.18. The fraction of sp³-hybridized carbons (Fsp3) is 0.294. The Bertz CT molecular complexity index is 834. The Labute approximate surface area is 147 Å². The Morgan fingerprint density at radius 1 is 1.08 bits per heavy atom. The van der Waals surface area contributed by atoms with Crippen LogP contribution in [0, 0.1) is 10.1 Å². The van der Waals surface area contributed by atoms with Crippen LogP contribution in [-0.2, 0) is 10.0 Å². The van der Waals surface area contributed by atoms with Crippen LogP contribution < -0.4 is 10.0 Å². The molecule has 0 aliphatic heterocycles. The van der Waals surface area contributed by atoms with Gasteiger partial charge in [0, 0.05) is 17.8 Å². The van der Waals surface area contributed by atoms with E-state index in [1.54, 1.807) is 30.3 Å². The summed E-state index contributed by atoms with van der Waals surface area (Å²) in [5, 5.41) is 14.5. The minimum absolute atomic E-state index is 0.0867. The maximum Gasteiger partial charge on any atom is 0.293 e. The van der Waals surface area contributed by atoms with E-state index in [0.29, 0.717) is 11.4 Å². The zero-order valence-corrected chi connectivity index (χ0v) is 14.9. The Hall–Kier alpha value is -2.61. The second-order valence-electron chi connectivity index (χ2n) is 5.57. The summed E-state index contributed by atoms with van der Waals surface area (Å²) < 4.78 is 27.3. The molecule has 134 valence electrons. The molecule has 0 fully saturated rings. The van der Waals surface area contributed by atoms with Gasteiger partial charge in [0.05, 0.1) is 9.82 Å². The monoisotopic (exact) mass is 363 g/mol. The lowest BCUT2D eigenvalue weighted by Gasteiger charge is -2.16. The zero-order chi connectivity index (χ0) is 18.4. The van der Waals surface area contributed by atoms with Crippen molar-refractivity contribution in [3.05, 3.63) is 58.6 Å². The minimum atomic E-state index is -3.91. The molecule has 0 aromatic heterocycles. The molecule has 25 heavy (non-hydrogen) atoms. The Morgan fingerprint density at radius 3 is 2.28 bits per heavy atom. The highest BCUT2D eigenvalue weighted by atomic mass is 32.2. The zero-order valence-electron chi connectivity index (χ0n) is 14.1. The Morgan fingerprint density at radius 2 is 1.72 bits per heavy atom. The number of nitro benzene ring substituents is 1. The molecule has 0 atom stereocenters. The largest absolute Gasteiger partial charge is 0.377 e. The number of nitrogens with zero attached hydrogens (tertiary/aromatic N) is 1. The predicted molar refractivity (Wildman–Crippen MR) is 98.3 cm³/mol. The van der Waals surface area contributed by atoms with Gasteiger partial charge in [0.15, 0.2) is 0 Å². The van der Waals surface area contributed by atoms with Crippen molar-refractivity contribution in [1.29, 1.82) is 0 Å². The lowest BCUT2D eigenvalue weighted by molar-refractivity contribution is -0.384. The van der Waals surface area contributed by atoms with Gasteiger partial charge in [-0.05, 0) is 37.1 Å². The summed E-state index contributed by atoms with van der Waals surface area (Å²) in [6, 6.07) is 12.3. The molecular weight excluding hydrogens is 342 g/mol. The van der Waals surface area contributed by atoms with E-state index < -0.39 is 14.9 Å². The molecule has 0 amide bonds. The normalized spacial score (nSPS) is 11.3. The molecule has 2 rings (SSSR count). The van der Waals surface area contributed by atoms with Crippen molar-refractivity contribution < 1.29 is 13.3 Å². The first-order chi connectivity index (χ1) is 11.9. The van der Waals surface area contributed by atoms with Gasteiger partial charge in [0.25, 0.3) is 15.7 Å². The number of anilines is 2. The summed E-state index contributed by atoms with van der Waals surface area (Å²) in [6.07, 6.45) is 1.62. The van der Waals surface area contributed by atoms with Crippen LogP contribution >= 0.6 is 0 Å². The summed E-state index contributed by atoms with van der Waals surface area (Å²) in [5.74, 6) is 0. The van der Waals surface area contributed by atoms with Crippen LogP contribution in [0.25, 0.3) is 0 Å². The molecule has 0 spiro atoms. The van der Waals surface area contributed by atoms with Crippen molar-refractivity contribution >= 4 is 27.1 Å². The van der Waals surface area contributed by atoms with Gasteiger partial charge in [-0.15, -0.1) is 0 Å². The standard InChI is InChI=1S/C17H21N3O4S/c1-3-13(4-2)18-16-11-10-15(12-17(16)20(21)22)25(23,24)19-14-8-6-5-7-9-14/h5-13,18-19H,3-4H2,1-2H3. The van der Waals surface area contributed by atoms with Crippen LogP contribution in [0.1, 0.15) is 26.7 Å². The highest BCUT2D eigenvalue weighted by Crippen LogP contribution is 2.29. The van der Waals surface area contributed by atoms with E-state index in [4.69, 9.17) is 0 Å². The van der Waals surface area contributed by atoms with Crippen LogP contribution in [0.4, 0.5) is 17.1 Å². The van der Waals surface area contributed by atoms with E-state index >= 15 is 0 Å². The van der Waals surface area contributed by atoms with Gasteiger partial charge in [-0.3, -0.25) is 14.8 Å². The van der Waals surface area contributed by atoms with Crippen LogP contribution in [0.5, 0.6) is 0 Å². The highest BCUT2D eigenvalue weighted by Gasteiger charge is 2.22. The van der Waals surface area contributed by atoms with Crippen molar-refractivity contribution in [2.75, 3.05) is 10.0 Å². The van der Waals surface area contributed by atoms with Gasteiger partial charge >= 0.3 is 0 Å². The van der Waals surface area contributed by atoms with Crippen LogP contribution in [0.2, 0.25) is 0 Å². The quantitative estimate of drug-likeness (QED) is 0.545. The molecule has 0 saturated carbocycles. The number of nitro groups is 1. The number of hydrogen-bond acceptors (Lipinski definition) is 5. The number of nitrogens with one attached hydrogen (secondary N) is 2. The lowest BCUT2D eigenvalue weighted by atomic mass is 10.1. The van der Waals surface area contributed by atoms with Gasteiger partial charge in [0.1, 0.15) is 5.69 Å². The second-order valence-corrected chi connectivity index (χ2v) is 7.25. The molecule has 0 aliphatic rings. The molecule has 8 heteroatoms. The van der Waals surface area contributed by atoms with Crippen molar-refractivity contribution in [3.8, 4) is 0 Å². The molecule has 0 saturated heterocycles. The first-order valence-corrected chi connectivity index (χ1v) is 9.48. The van der Waals surface area contributed by atoms with Crippen molar-refractivity contribution in [2.45, 2.75) is 37.6 Å². The van der Waals surface area contributed by atoms with Crippen molar-refractivity contribution in [2.24, 2.45) is 0 Å². The van der Waals surface area contributed by atoms with Crippen molar-refractivity contribution in [1.82, 2.24) is 0 Å². The third-order valence-electron chi connectivity index (χ3n) is 3.85. The molecule has 0 aliphatic carbocycles. The van der Waals surface area contributed by atoms with Gasteiger partial charge < -0.3 is 5.32 Å². The third-order valence-corrected chi connectivity index (χ3v) is 5.23. The second kappa shape index (κ2) is 7.98. The Kier molecular flexibility index (Phi) is 5.97. The number of benzene rings is 2. The van der Waals surface area contributed by atoms with E-state index in [1.807, 2.05) is 13.8 Å². The topological polar surface area (TPSA) is 101 Å². The average Bonchev–Trinajstić information content (AvgIpc) is 2.60. The van der Waals surface area contributed by atoms with E-state index in [-0.39, 0.29) is 16.6 Å². The summed E-state index contributed by atoms with van der Waals surface area (Å²) in [5.41, 5.74) is 0.449. The SMILES string of the molecule is CCC(CC)Nc1ccc(S(=O)(=O)Nc2ccccc2)cc1[N+](=O)[O-]. The molecule has 0 heterocycles. The number of rotatable bonds is 8. The van der Waals surface area contributed by atoms with Gasteiger partial charge in [-0.25, -0.2) is 8.42 Å². The smallest absolute Gasteiger partial charge is 0.293 e. The average molecular weight is 363 g/mol. The molecule has 7 nitrogen and oxygen atoms in total. The molecule has 2 aromatic carbocycles. The highest BCUT2D eigenvalue weighted by molar-refractivity contribution is 7.92. The fourth-order valence-corrected chi connectivity index (χ4v) is 3.46. The van der Waals surface area contributed by atoms with Gasteiger partial charge in [-0.2, -0.15) is 0 Å². The van der Waals surface area contributed by atoms with E-state index in [1.165, 1.54) is 12.1 Å². The first-order valence-electron chi connectivity index (χ1n) is 8.00. The molecule has 2 N–H and O–H groups in total. The first kappa shape index (κ1) is 18.7. The van der Waals surface area contributed by atoms with Crippen LogP contribution in [0.15, 0.2) is 53.4 Å². The molecular formula is C17H21N3O4S. The number of para-hydroxylation sites is 1. The summed E-state index contributed by atoms with van der Waals surface area (Å²) >= 11 is 0. The minimum Gasteiger partial charge on any atom is -0.377 e. The van der Waals surface area contributed by atoms with E-state index in [2.05, 4.69) is 10.0 Å². The maximum absolute atomic E-state index is 12.5. The molecule has 0 radical (unpaired) electrons. The number of sulfonamides is 1. The van der Waals surface area contributed by atoms with Gasteiger partial charge in [0.2, 0.25) is 0 Å². The maximum atomic E-state index is 12.5. The van der Waals surface area contributed by atoms with Crippen LogP contribution in [-0.4, -0.2) is 19.4 Å². The molecule has 0 unspecified atom stereocenters. The van der Waals surface area contributed by atoms with E-state index in [9.17, 15) is 18.5 Å². The predicted octanol–water partition coefficient (Wildman–Crippen LogP) is 4.00. The van der Waals surface area contributed by atoms with Crippen LogP contribution in [0.3, 0.4) is 0 Å². The summed E-state index contributed by atoms with van der Waals surface area (Å²) in [7, 11) is -3.91. The number of hydrogen-bond donors (Lipinski definition) is 2. The molecule has 2 aromatic rings. The summed E-state index contributed by atoms with van der Waals surface area (Å²) in [6.45, 7) is 3.96. The fourth-order valence-electron chi connectivity index (χ4n) is 2.38. The molecule has 0 bridgehead atoms. The third kappa shape index (κ3) is 4.69. The van der Waals surface area contributed by atoms with E-state index in [0.717, 1.165) is 18.9 Å². The van der Waals surface area contributed by atoms with Crippen molar-refractivity contribution in [3.63, 3.8) is 0 Å². The Balaban J connectivity index is 2.36.